The number of carbonyl (C=O) groups is 3. The highest BCUT2D eigenvalue weighted by molar-refractivity contribution is 7.20. The Morgan fingerprint density at radius 2 is 1.65 bits per heavy atom. The zero-order valence-electron chi connectivity index (χ0n) is 24.8. The van der Waals surface area contributed by atoms with E-state index in [0.717, 1.165) is 33.2 Å². The number of hydrogen-bond acceptors (Lipinski definition) is 8. The maximum atomic E-state index is 12.4. The van der Waals surface area contributed by atoms with E-state index in [0.29, 0.717) is 23.7 Å². The Hall–Kier alpha value is -4.77. The number of amides is 3. The second-order valence-electron chi connectivity index (χ2n) is 10.7. The fourth-order valence-corrected chi connectivity index (χ4v) is 4.89. The third kappa shape index (κ3) is 9.11. The van der Waals surface area contributed by atoms with Crippen LogP contribution >= 0.6 is 11.3 Å². The molecule has 3 aromatic heterocycles. The van der Waals surface area contributed by atoms with Crippen molar-refractivity contribution in [2.24, 2.45) is 0 Å². The average molecular weight is 602 g/mol. The van der Waals surface area contributed by atoms with Crippen molar-refractivity contribution in [3.05, 3.63) is 88.6 Å². The molecule has 5 rings (SSSR count). The maximum Gasteiger partial charge on any atom is 0.407 e. The molecule has 0 atom stereocenters. The first-order chi connectivity index (χ1) is 20.5. The van der Waals surface area contributed by atoms with E-state index in [1.807, 2.05) is 42.5 Å². The zero-order valence-corrected chi connectivity index (χ0v) is 25.6. The van der Waals surface area contributed by atoms with E-state index in [9.17, 15) is 14.4 Å². The smallest absolute Gasteiger partial charge is 0.407 e. The summed E-state index contributed by atoms with van der Waals surface area (Å²) < 4.78 is 9.97. The predicted molar refractivity (Wildman–Crippen MR) is 169 cm³/mol. The normalized spacial score (nSPS) is 11.0. The topological polar surface area (TPSA) is 135 Å². The fraction of sp³-hybridized carbons (Fsp3) is 0.281. The molecule has 0 radical (unpaired) electrons. The van der Waals surface area contributed by atoms with Gasteiger partial charge in [0.05, 0.1) is 10.4 Å². The molecule has 0 fully saturated rings. The van der Waals surface area contributed by atoms with Gasteiger partial charge in [0.2, 0.25) is 0 Å². The number of aromatic nitrogens is 2. The third-order valence-corrected chi connectivity index (χ3v) is 7.01. The molecule has 11 heteroatoms. The molecule has 0 saturated heterocycles. The molecule has 0 bridgehead atoms. The molecular formula is C32H35N5O5S. The fourth-order valence-electron chi connectivity index (χ4n) is 3.95. The van der Waals surface area contributed by atoms with Gasteiger partial charge in [-0.3, -0.25) is 9.59 Å². The number of hydrogen-bond donors (Lipinski definition) is 3. The predicted octanol–water partition coefficient (Wildman–Crippen LogP) is 6.50. The SMILES string of the molecule is CCc1ccc2nc3sc(C(=O)NCCNC(=O)OC(C)(C)C)cc3cc2c1.Cc1cc(C(=O)Nc2ccccc2)no1. The van der Waals surface area contributed by atoms with Crippen molar-refractivity contribution in [2.75, 3.05) is 18.4 Å². The van der Waals surface area contributed by atoms with Gasteiger partial charge in [-0.05, 0) is 76.1 Å². The van der Waals surface area contributed by atoms with Crippen LogP contribution < -0.4 is 16.0 Å². The van der Waals surface area contributed by atoms with Crippen LogP contribution in [0.4, 0.5) is 10.5 Å². The molecule has 0 aliphatic rings. The van der Waals surface area contributed by atoms with Crippen LogP contribution in [0.3, 0.4) is 0 Å². The van der Waals surface area contributed by atoms with Crippen molar-refractivity contribution >= 4 is 56.1 Å². The second kappa shape index (κ2) is 13.9. The molecule has 0 spiro atoms. The minimum absolute atomic E-state index is 0.174. The lowest BCUT2D eigenvalue weighted by molar-refractivity contribution is 0.0526. The Labute approximate surface area is 253 Å². The van der Waals surface area contributed by atoms with Crippen LogP contribution in [-0.4, -0.2) is 46.7 Å². The monoisotopic (exact) mass is 601 g/mol. The summed E-state index contributed by atoms with van der Waals surface area (Å²) in [6.07, 6.45) is 0.480. The van der Waals surface area contributed by atoms with E-state index in [-0.39, 0.29) is 17.5 Å². The Morgan fingerprint density at radius 3 is 2.33 bits per heavy atom. The van der Waals surface area contributed by atoms with Crippen molar-refractivity contribution in [3.63, 3.8) is 0 Å². The number of anilines is 1. The quantitative estimate of drug-likeness (QED) is 0.181. The highest BCUT2D eigenvalue weighted by Gasteiger charge is 2.16. The number of pyridine rings is 1. The van der Waals surface area contributed by atoms with Crippen molar-refractivity contribution in [1.29, 1.82) is 0 Å². The average Bonchev–Trinajstić information content (AvgIpc) is 3.59. The van der Waals surface area contributed by atoms with Gasteiger partial charge in [-0.15, -0.1) is 11.3 Å². The second-order valence-corrected chi connectivity index (χ2v) is 11.7. The third-order valence-electron chi connectivity index (χ3n) is 5.97. The minimum atomic E-state index is -0.543. The number of para-hydroxylation sites is 1. The number of carbonyl (C=O) groups excluding carboxylic acids is 3. The number of aryl methyl sites for hydroxylation is 2. The maximum absolute atomic E-state index is 12.4. The van der Waals surface area contributed by atoms with Crippen LogP contribution in [0, 0.1) is 6.92 Å². The van der Waals surface area contributed by atoms with Gasteiger partial charge < -0.3 is 25.2 Å². The molecule has 3 heterocycles. The molecule has 2 aromatic carbocycles. The summed E-state index contributed by atoms with van der Waals surface area (Å²) in [7, 11) is 0. The van der Waals surface area contributed by atoms with Crippen LogP contribution in [0.15, 0.2) is 71.3 Å². The van der Waals surface area contributed by atoms with Crippen molar-refractivity contribution in [2.45, 2.75) is 46.6 Å². The van der Waals surface area contributed by atoms with Crippen LogP contribution in [0.5, 0.6) is 0 Å². The molecule has 0 saturated carbocycles. The van der Waals surface area contributed by atoms with Crippen LogP contribution in [0.25, 0.3) is 21.1 Å². The molecule has 10 nitrogen and oxygen atoms in total. The number of ether oxygens (including phenoxy) is 1. The number of fused-ring (bicyclic) bond motifs is 2. The summed E-state index contributed by atoms with van der Waals surface area (Å²) in [5, 5.41) is 13.8. The highest BCUT2D eigenvalue weighted by atomic mass is 32.1. The summed E-state index contributed by atoms with van der Waals surface area (Å²) in [5.74, 6) is 0.179. The molecular weight excluding hydrogens is 566 g/mol. The van der Waals surface area contributed by atoms with Gasteiger partial charge in [-0.2, -0.15) is 0 Å². The lowest BCUT2D eigenvalue weighted by Gasteiger charge is -2.19. The Bertz CT molecular complexity index is 1720. The molecule has 0 aliphatic carbocycles. The summed E-state index contributed by atoms with van der Waals surface area (Å²) in [6, 6.07) is 21.0. The van der Waals surface area contributed by atoms with E-state index in [1.165, 1.54) is 16.9 Å². The largest absolute Gasteiger partial charge is 0.444 e. The van der Waals surface area contributed by atoms with Crippen LogP contribution in [-0.2, 0) is 11.2 Å². The highest BCUT2D eigenvalue weighted by Crippen LogP contribution is 2.28. The molecule has 224 valence electrons. The number of thiophene rings is 1. The van der Waals surface area contributed by atoms with E-state index >= 15 is 0 Å². The van der Waals surface area contributed by atoms with Crippen LogP contribution in [0.2, 0.25) is 0 Å². The lowest BCUT2D eigenvalue weighted by atomic mass is 10.1. The van der Waals surface area contributed by atoms with Gasteiger partial charge in [-0.25, -0.2) is 9.78 Å². The van der Waals surface area contributed by atoms with Crippen LogP contribution in [0.1, 0.15) is 59.2 Å². The first-order valence-corrected chi connectivity index (χ1v) is 14.7. The van der Waals surface area contributed by atoms with Crippen molar-refractivity contribution in [1.82, 2.24) is 20.8 Å². The molecule has 0 aliphatic heterocycles. The van der Waals surface area contributed by atoms with E-state index in [1.54, 1.807) is 33.8 Å². The molecule has 43 heavy (non-hydrogen) atoms. The summed E-state index contributed by atoms with van der Waals surface area (Å²) in [6.45, 7) is 9.89. The van der Waals surface area contributed by atoms with Gasteiger partial charge in [0, 0.05) is 35.6 Å². The van der Waals surface area contributed by atoms with Gasteiger partial charge >= 0.3 is 6.09 Å². The Balaban J connectivity index is 0.000000237. The van der Waals surface area contributed by atoms with Gasteiger partial charge in [-0.1, -0.05) is 36.3 Å². The Morgan fingerprint density at radius 1 is 0.907 bits per heavy atom. The zero-order chi connectivity index (χ0) is 31.0. The Kier molecular flexibility index (Phi) is 10.1. The molecule has 0 unspecified atom stereocenters. The van der Waals surface area contributed by atoms with Gasteiger partial charge in [0.1, 0.15) is 16.2 Å². The number of benzene rings is 2. The van der Waals surface area contributed by atoms with E-state index in [2.05, 4.69) is 51.2 Å². The van der Waals surface area contributed by atoms with Gasteiger partial charge in [0.25, 0.3) is 11.8 Å². The summed E-state index contributed by atoms with van der Waals surface area (Å²) in [5.41, 5.74) is 2.68. The standard InChI is InChI=1S/C21H25N3O3S.C11H10N2O2/c1-5-13-6-7-16-14(10-13)11-15-12-17(28-19(15)24-16)18(25)22-8-9-23-20(26)27-21(2,3)4;1-8-7-10(13-15-8)11(14)12-9-5-3-2-4-6-9/h6-7,10-12H,5,8-9H2,1-4H3,(H,22,25)(H,23,26);2-7H,1H3,(H,12,14). The van der Waals surface area contributed by atoms with Gasteiger partial charge in [0.15, 0.2) is 5.69 Å². The number of nitrogens with one attached hydrogen (secondary N) is 3. The molecule has 3 amide bonds. The summed E-state index contributed by atoms with van der Waals surface area (Å²) in [4.78, 5) is 41.7. The first-order valence-electron chi connectivity index (χ1n) is 13.9. The van der Waals surface area contributed by atoms with E-state index in [4.69, 9.17) is 9.26 Å². The number of rotatable bonds is 7. The molecule has 5 aromatic rings. The van der Waals surface area contributed by atoms with Crippen molar-refractivity contribution < 1.29 is 23.6 Å². The number of alkyl carbamates (subject to hydrolysis) is 1. The van der Waals surface area contributed by atoms with Crippen molar-refractivity contribution in [3.8, 4) is 0 Å². The molecule has 3 N–H and O–H groups in total. The number of nitrogens with zero attached hydrogens (tertiary/aromatic N) is 2. The summed E-state index contributed by atoms with van der Waals surface area (Å²) >= 11 is 1.37. The first kappa shape index (κ1) is 31.2. The minimum Gasteiger partial charge on any atom is -0.444 e. The van der Waals surface area contributed by atoms with E-state index < -0.39 is 11.7 Å². The lowest BCUT2D eigenvalue weighted by Crippen LogP contribution is -2.37.